The minimum atomic E-state index is -0.710. The minimum Gasteiger partial charge on any atom is -0.467 e. The Balaban J connectivity index is 2.11. The second-order valence-electron chi connectivity index (χ2n) is 4.75. The zero-order valence-electron chi connectivity index (χ0n) is 12.1. The van der Waals surface area contributed by atoms with Crippen LogP contribution in [0.3, 0.4) is 0 Å². The summed E-state index contributed by atoms with van der Waals surface area (Å²) in [7, 11) is 1.32. The number of methoxy groups -OCH3 is 1. The molecular formula is C17H16INO3. The summed E-state index contributed by atoms with van der Waals surface area (Å²) < 4.78 is 5.90. The van der Waals surface area contributed by atoms with Crippen LogP contribution in [0, 0.1) is 3.57 Å². The maximum absolute atomic E-state index is 12.2. The van der Waals surface area contributed by atoms with E-state index in [1.54, 1.807) is 24.3 Å². The van der Waals surface area contributed by atoms with Gasteiger partial charge in [-0.15, -0.1) is 0 Å². The average molecular weight is 409 g/mol. The summed E-state index contributed by atoms with van der Waals surface area (Å²) >= 11 is 2.22. The molecule has 1 atom stereocenters. The maximum Gasteiger partial charge on any atom is 0.328 e. The van der Waals surface area contributed by atoms with Crippen molar-refractivity contribution in [3.05, 3.63) is 69.3 Å². The summed E-state index contributed by atoms with van der Waals surface area (Å²) in [5.74, 6) is -0.746. The highest BCUT2D eigenvalue weighted by atomic mass is 127. The quantitative estimate of drug-likeness (QED) is 0.611. The molecule has 1 N–H and O–H groups in total. The molecule has 0 saturated carbocycles. The first-order valence-electron chi connectivity index (χ1n) is 6.78. The lowest BCUT2D eigenvalue weighted by Gasteiger charge is -2.16. The number of ether oxygens (including phenoxy) is 1. The summed E-state index contributed by atoms with van der Waals surface area (Å²) in [6, 6.07) is 15.9. The molecule has 0 radical (unpaired) electrons. The third-order valence-corrected chi connectivity index (χ3v) is 3.90. The largest absolute Gasteiger partial charge is 0.467 e. The third-order valence-electron chi connectivity index (χ3n) is 3.18. The Morgan fingerprint density at radius 1 is 1.09 bits per heavy atom. The normalized spacial score (nSPS) is 11.5. The van der Waals surface area contributed by atoms with Gasteiger partial charge in [0.05, 0.1) is 7.11 Å². The van der Waals surface area contributed by atoms with Crippen molar-refractivity contribution in [3.63, 3.8) is 0 Å². The zero-order valence-corrected chi connectivity index (χ0v) is 14.2. The fourth-order valence-corrected chi connectivity index (χ4v) is 2.38. The first-order chi connectivity index (χ1) is 10.6. The molecule has 0 aromatic heterocycles. The van der Waals surface area contributed by atoms with Gasteiger partial charge in [-0.05, 0) is 52.4 Å². The number of halogens is 1. The van der Waals surface area contributed by atoms with Crippen molar-refractivity contribution in [1.82, 2.24) is 5.32 Å². The van der Waals surface area contributed by atoms with Crippen LogP contribution in [0.15, 0.2) is 54.6 Å². The van der Waals surface area contributed by atoms with Crippen LogP contribution < -0.4 is 5.32 Å². The van der Waals surface area contributed by atoms with E-state index in [1.807, 2.05) is 30.3 Å². The highest BCUT2D eigenvalue weighted by molar-refractivity contribution is 14.1. The van der Waals surface area contributed by atoms with Crippen LogP contribution in [-0.4, -0.2) is 25.0 Å². The first-order valence-corrected chi connectivity index (χ1v) is 7.86. The molecule has 0 aliphatic carbocycles. The van der Waals surface area contributed by atoms with Crippen molar-refractivity contribution < 1.29 is 14.3 Å². The van der Waals surface area contributed by atoms with E-state index in [1.165, 1.54) is 7.11 Å². The molecule has 0 aliphatic rings. The predicted molar refractivity (Wildman–Crippen MR) is 92.6 cm³/mol. The Hall–Kier alpha value is -1.89. The van der Waals surface area contributed by atoms with E-state index < -0.39 is 12.0 Å². The lowest BCUT2D eigenvalue weighted by Crippen LogP contribution is -2.43. The Kier molecular flexibility index (Phi) is 5.94. The molecule has 22 heavy (non-hydrogen) atoms. The van der Waals surface area contributed by atoms with Gasteiger partial charge >= 0.3 is 5.97 Å². The number of rotatable bonds is 5. The molecule has 4 nitrogen and oxygen atoms in total. The van der Waals surface area contributed by atoms with Crippen LogP contribution in [-0.2, 0) is 16.0 Å². The predicted octanol–water partition coefficient (Wildman–Crippen LogP) is 2.81. The van der Waals surface area contributed by atoms with Gasteiger partial charge in [0.2, 0.25) is 0 Å². The first kappa shape index (κ1) is 16.5. The minimum absolute atomic E-state index is 0.290. The molecule has 2 aromatic rings. The molecular weight excluding hydrogens is 393 g/mol. The van der Waals surface area contributed by atoms with Crippen LogP contribution in [0.2, 0.25) is 0 Å². The molecule has 0 spiro atoms. The molecule has 1 amide bonds. The average Bonchev–Trinajstić information content (AvgIpc) is 2.56. The summed E-state index contributed by atoms with van der Waals surface area (Å²) in [5.41, 5.74) is 1.48. The van der Waals surface area contributed by atoms with Crippen molar-refractivity contribution in [2.45, 2.75) is 12.5 Å². The van der Waals surface area contributed by atoms with Crippen molar-refractivity contribution >= 4 is 34.5 Å². The van der Waals surface area contributed by atoms with Crippen LogP contribution in [0.25, 0.3) is 0 Å². The van der Waals surface area contributed by atoms with Gasteiger partial charge in [0.1, 0.15) is 6.04 Å². The second kappa shape index (κ2) is 7.93. The van der Waals surface area contributed by atoms with Gasteiger partial charge in [0.15, 0.2) is 0 Å². The number of esters is 1. The van der Waals surface area contributed by atoms with E-state index >= 15 is 0 Å². The number of nitrogens with one attached hydrogen (secondary N) is 1. The Morgan fingerprint density at radius 2 is 1.73 bits per heavy atom. The van der Waals surface area contributed by atoms with Crippen LogP contribution in [0.5, 0.6) is 0 Å². The van der Waals surface area contributed by atoms with E-state index in [4.69, 9.17) is 4.74 Å². The second-order valence-corrected chi connectivity index (χ2v) is 5.99. The van der Waals surface area contributed by atoms with Crippen LogP contribution >= 0.6 is 22.6 Å². The molecule has 114 valence electrons. The van der Waals surface area contributed by atoms with Crippen molar-refractivity contribution in [1.29, 1.82) is 0 Å². The summed E-state index contributed by atoms with van der Waals surface area (Å²) in [6.07, 6.45) is 0.391. The van der Waals surface area contributed by atoms with E-state index in [2.05, 4.69) is 27.9 Å². The number of carbonyl (C=O) groups excluding carboxylic acids is 2. The maximum atomic E-state index is 12.2. The molecule has 5 heteroatoms. The summed E-state index contributed by atoms with van der Waals surface area (Å²) in [5, 5.41) is 2.73. The van der Waals surface area contributed by atoms with Crippen molar-refractivity contribution in [2.24, 2.45) is 0 Å². The lowest BCUT2D eigenvalue weighted by molar-refractivity contribution is -0.142. The lowest BCUT2D eigenvalue weighted by atomic mass is 10.1. The number of amides is 1. The molecule has 0 bridgehead atoms. The topological polar surface area (TPSA) is 55.4 Å². The van der Waals surface area contributed by atoms with Gasteiger partial charge in [-0.1, -0.05) is 30.3 Å². The Bertz CT molecular complexity index is 641. The van der Waals surface area contributed by atoms with Gasteiger partial charge in [-0.2, -0.15) is 0 Å². The van der Waals surface area contributed by atoms with E-state index in [0.717, 1.165) is 9.13 Å². The number of hydrogen-bond acceptors (Lipinski definition) is 3. The van der Waals surface area contributed by atoms with E-state index in [0.29, 0.717) is 12.0 Å². The highest BCUT2D eigenvalue weighted by Crippen LogP contribution is 2.10. The fourth-order valence-electron chi connectivity index (χ4n) is 2.02. The fraction of sp³-hybridized carbons (Fsp3) is 0.176. The monoisotopic (exact) mass is 409 g/mol. The van der Waals surface area contributed by atoms with Crippen LogP contribution in [0.4, 0.5) is 0 Å². The van der Waals surface area contributed by atoms with Crippen LogP contribution in [0.1, 0.15) is 15.9 Å². The molecule has 0 unspecified atom stereocenters. The van der Waals surface area contributed by atoms with E-state index in [9.17, 15) is 9.59 Å². The SMILES string of the molecule is COC(=O)[C@@H](Cc1ccc(I)cc1)NC(=O)c1ccccc1. The highest BCUT2D eigenvalue weighted by Gasteiger charge is 2.22. The number of benzene rings is 2. The molecule has 0 aliphatic heterocycles. The zero-order chi connectivity index (χ0) is 15.9. The van der Waals surface area contributed by atoms with E-state index in [-0.39, 0.29) is 5.91 Å². The summed E-state index contributed by atoms with van der Waals surface area (Å²) in [6.45, 7) is 0. The standard InChI is InChI=1S/C17H16INO3/c1-22-17(21)15(11-12-7-9-14(18)10-8-12)19-16(20)13-5-3-2-4-6-13/h2-10,15H,11H2,1H3,(H,19,20)/t15-/m1/s1. The van der Waals surface area contributed by atoms with Gasteiger partial charge in [0, 0.05) is 15.6 Å². The molecule has 2 rings (SSSR count). The molecule has 0 saturated heterocycles. The van der Waals surface area contributed by atoms with Gasteiger partial charge < -0.3 is 10.1 Å². The Morgan fingerprint density at radius 3 is 2.32 bits per heavy atom. The van der Waals surface area contributed by atoms with Gasteiger partial charge in [0.25, 0.3) is 5.91 Å². The number of hydrogen-bond donors (Lipinski definition) is 1. The smallest absolute Gasteiger partial charge is 0.328 e. The number of carbonyl (C=O) groups is 2. The third kappa shape index (κ3) is 4.56. The molecule has 2 aromatic carbocycles. The van der Waals surface area contributed by atoms with Gasteiger partial charge in [-0.25, -0.2) is 4.79 Å². The summed E-state index contributed by atoms with van der Waals surface area (Å²) in [4.78, 5) is 24.1. The van der Waals surface area contributed by atoms with Gasteiger partial charge in [-0.3, -0.25) is 4.79 Å². The molecule has 0 heterocycles. The van der Waals surface area contributed by atoms with Crippen molar-refractivity contribution in [2.75, 3.05) is 7.11 Å². The van der Waals surface area contributed by atoms with Crippen molar-refractivity contribution in [3.8, 4) is 0 Å². The molecule has 0 fully saturated rings. The Labute approximate surface area is 143 Å².